The van der Waals surface area contributed by atoms with Crippen LogP contribution in [0.15, 0.2) is 41.3 Å². The normalized spacial score (nSPS) is 14.7. The fourth-order valence-corrected chi connectivity index (χ4v) is 5.81. The van der Waals surface area contributed by atoms with Crippen LogP contribution in [0.2, 0.25) is 0 Å². The van der Waals surface area contributed by atoms with Gasteiger partial charge in [0.1, 0.15) is 11.6 Å². The van der Waals surface area contributed by atoms with Crippen LogP contribution in [0.1, 0.15) is 50.4 Å². The molecule has 0 spiro atoms. The minimum atomic E-state index is -3.53. The number of fused-ring (bicyclic) bond motifs is 1. The number of nitrogens with one attached hydrogen (secondary N) is 1. The van der Waals surface area contributed by atoms with Gasteiger partial charge in [-0.2, -0.15) is 4.31 Å². The van der Waals surface area contributed by atoms with E-state index in [9.17, 15) is 17.6 Å². The van der Waals surface area contributed by atoms with Gasteiger partial charge < -0.3 is 9.88 Å². The van der Waals surface area contributed by atoms with Crippen LogP contribution in [0.4, 0.5) is 10.1 Å². The van der Waals surface area contributed by atoms with Gasteiger partial charge >= 0.3 is 0 Å². The first kappa shape index (κ1) is 24.3. The summed E-state index contributed by atoms with van der Waals surface area (Å²) in [7, 11) is -3.53. The van der Waals surface area contributed by atoms with Crippen molar-refractivity contribution in [2.75, 3.05) is 18.4 Å². The highest BCUT2D eigenvalue weighted by molar-refractivity contribution is 7.89. The second-order valence-corrected chi connectivity index (χ2v) is 10.7. The average Bonchev–Trinajstić information content (AvgIpc) is 3.47. The number of hydrogen-bond acceptors (Lipinski definition) is 4. The Hall–Kier alpha value is -2.78. The Labute approximate surface area is 200 Å². The molecule has 0 aliphatic carbocycles. The number of sulfonamides is 1. The number of halogens is 1. The molecule has 1 amide bonds. The minimum Gasteiger partial charge on any atom is -0.328 e. The summed E-state index contributed by atoms with van der Waals surface area (Å²) in [6.07, 6.45) is 4.29. The number of nitrogens with zero attached hydrogens (tertiary/aromatic N) is 3. The van der Waals surface area contributed by atoms with Gasteiger partial charge in [-0.3, -0.25) is 4.79 Å². The zero-order valence-electron chi connectivity index (χ0n) is 19.7. The van der Waals surface area contributed by atoms with Gasteiger partial charge in [0.05, 0.1) is 15.9 Å². The minimum absolute atomic E-state index is 0.184. The fraction of sp³-hybridized carbons (Fsp3) is 0.440. The third-order valence-electron chi connectivity index (χ3n) is 6.27. The quantitative estimate of drug-likeness (QED) is 0.478. The van der Waals surface area contributed by atoms with E-state index in [1.165, 1.54) is 10.4 Å². The Morgan fingerprint density at radius 2 is 1.91 bits per heavy atom. The second kappa shape index (κ2) is 10.2. The number of benzene rings is 2. The molecular formula is C25H31FN4O3S. The lowest BCUT2D eigenvalue weighted by molar-refractivity contribution is -0.116. The molecule has 182 valence electrons. The summed E-state index contributed by atoms with van der Waals surface area (Å²) in [5, 5.41) is 2.74. The highest BCUT2D eigenvalue weighted by Crippen LogP contribution is 2.26. The lowest BCUT2D eigenvalue weighted by atomic mass is 10.2. The number of carbonyl (C=O) groups is 1. The van der Waals surface area contributed by atoms with Crippen molar-refractivity contribution in [3.8, 4) is 0 Å². The number of amides is 1. The molecule has 7 nitrogen and oxygen atoms in total. The van der Waals surface area contributed by atoms with Gasteiger partial charge in [-0.1, -0.05) is 19.4 Å². The van der Waals surface area contributed by atoms with E-state index in [2.05, 4.69) is 16.8 Å². The number of aromatic nitrogens is 2. The van der Waals surface area contributed by atoms with Crippen molar-refractivity contribution in [3.05, 3.63) is 53.6 Å². The molecule has 2 heterocycles. The summed E-state index contributed by atoms with van der Waals surface area (Å²) in [4.78, 5) is 17.5. The molecule has 9 heteroatoms. The number of unbranched alkanes of at least 4 members (excludes halogenated alkanes) is 1. The Morgan fingerprint density at radius 1 is 1.15 bits per heavy atom. The molecule has 3 aromatic rings. The number of imidazole rings is 1. The van der Waals surface area contributed by atoms with Crippen LogP contribution >= 0.6 is 0 Å². The molecule has 4 rings (SSSR count). The number of anilines is 1. The van der Waals surface area contributed by atoms with Crippen LogP contribution < -0.4 is 5.32 Å². The van der Waals surface area contributed by atoms with Gasteiger partial charge in [0, 0.05) is 38.2 Å². The van der Waals surface area contributed by atoms with Crippen LogP contribution in [-0.4, -0.2) is 41.3 Å². The van der Waals surface area contributed by atoms with Crippen LogP contribution in [0.5, 0.6) is 0 Å². The maximum absolute atomic E-state index is 13.8. The van der Waals surface area contributed by atoms with Crippen molar-refractivity contribution in [2.45, 2.75) is 63.8 Å². The van der Waals surface area contributed by atoms with E-state index >= 15 is 0 Å². The summed E-state index contributed by atoms with van der Waals surface area (Å²) >= 11 is 0. The Morgan fingerprint density at radius 3 is 2.62 bits per heavy atom. The fourth-order valence-electron chi connectivity index (χ4n) is 4.27. The van der Waals surface area contributed by atoms with Crippen LogP contribution in [0.25, 0.3) is 11.0 Å². The topological polar surface area (TPSA) is 84.3 Å². The lowest BCUT2D eigenvalue weighted by Gasteiger charge is -2.15. The predicted molar refractivity (Wildman–Crippen MR) is 131 cm³/mol. The molecule has 0 radical (unpaired) electrons. The Bertz CT molecular complexity index is 1300. The zero-order chi connectivity index (χ0) is 24.3. The Kier molecular flexibility index (Phi) is 7.33. The van der Waals surface area contributed by atoms with E-state index in [-0.39, 0.29) is 23.0 Å². The summed E-state index contributed by atoms with van der Waals surface area (Å²) < 4.78 is 43.4. The molecule has 1 N–H and O–H groups in total. The molecule has 1 saturated heterocycles. The maximum Gasteiger partial charge on any atom is 0.243 e. The second-order valence-electron chi connectivity index (χ2n) is 8.81. The summed E-state index contributed by atoms with van der Waals surface area (Å²) in [5.74, 6) is 0.151. The standard InChI is InChI=1S/C25H31FN4O3S/c1-3-4-15-30-23-10-9-20(34(32,33)29-13-5-6-14-29)17-22(23)28-24(30)11-12-25(31)27-19-8-7-18(2)21(26)16-19/h7-10,16-17H,3-6,11-15H2,1-2H3,(H,27,31). The first-order chi connectivity index (χ1) is 16.3. The Balaban J connectivity index is 1.55. The highest BCUT2D eigenvalue weighted by atomic mass is 32.2. The van der Waals surface area contributed by atoms with Gasteiger partial charge in [-0.25, -0.2) is 17.8 Å². The van der Waals surface area contributed by atoms with Gasteiger partial charge in [-0.15, -0.1) is 0 Å². The van der Waals surface area contributed by atoms with E-state index in [0.29, 0.717) is 36.3 Å². The van der Waals surface area contributed by atoms with Gasteiger partial charge in [0.2, 0.25) is 15.9 Å². The highest BCUT2D eigenvalue weighted by Gasteiger charge is 2.28. The van der Waals surface area contributed by atoms with Crippen molar-refractivity contribution < 1.29 is 17.6 Å². The number of aryl methyl sites for hydroxylation is 3. The van der Waals surface area contributed by atoms with Crippen LogP contribution in [-0.2, 0) is 27.8 Å². The molecule has 2 aromatic carbocycles. The van der Waals surface area contributed by atoms with E-state index in [1.54, 1.807) is 31.2 Å². The molecule has 34 heavy (non-hydrogen) atoms. The van der Waals surface area contributed by atoms with Gasteiger partial charge in [0.15, 0.2) is 0 Å². The summed E-state index contributed by atoms with van der Waals surface area (Å²) in [6, 6.07) is 9.73. The van der Waals surface area contributed by atoms with Gasteiger partial charge in [-0.05, 0) is 62.1 Å². The molecule has 0 saturated carbocycles. The first-order valence-electron chi connectivity index (χ1n) is 11.8. The van der Waals surface area contributed by atoms with Gasteiger partial charge in [0.25, 0.3) is 0 Å². The van der Waals surface area contributed by atoms with Crippen molar-refractivity contribution in [2.24, 2.45) is 0 Å². The lowest BCUT2D eigenvalue weighted by Crippen LogP contribution is -2.27. The predicted octanol–water partition coefficient (Wildman–Crippen LogP) is 4.64. The molecular weight excluding hydrogens is 455 g/mol. The van der Waals surface area contributed by atoms with Crippen molar-refractivity contribution in [1.29, 1.82) is 0 Å². The third-order valence-corrected chi connectivity index (χ3v) is 8.16. The summed E-state index contributed by atoms with van der Waals surface area (Å²) in [6.45, 7) is 5.62. The molecule has 1 aromatic heterocycles. The van der Waals surface area contributed by atoms with E-state index in [0.717, 1.165) is 43.6 Å². The maximum atomic E-state index is 13.8. The zero-order valence-corrected chi connectivity index (χ0v) is 20.5. The number of carbonyl (C=O) groups excluding carboxylic acids is 1. The van der Waals surface area contributed by atoms with E-state index in [1.807, 2.05) is 6.07 Å². The largest absolute Gasteiger partial charge is 0.328 e. The molecule has 1 fully saturated rings. The van der Waals surface area contributed by atoms with E-state index in [4.69, 9.17) is 4.98 Å². The van der Waals surface area contributed by atoms with Crippen molar-refractivity contribution in [1.82, 2.24) is 13.9 Å². The van der Waals surface area contributed by atoms with E-state index < -0.39 is 10.0 Å². The molecule has 1 aliphatic heterocycles. The van der Waals surface area contributed by atoms with Crippen LogP contribution in [0.3, 0.4) is 0 Å². The molecule has 0 bridgehead atoms. The molecule has 1 aliphatic rings. The summed E-state index contributed by atoms with van der Waals surface area (Å²) in [5.41, 5.74) is 2.43. The van der Waals surface area contributed by atoms with Crippen LogP contribution in [0, 0.1) is 12.7 Å². The average molecular weight is 487 g/mol. The SMILES string of the molecule is CCCCn1c(CCC(=O)Nc2ccc(C)c(F)c2)nc2cc(S(=O)(=O)N3CCCC3)ccc21. The molecule has 0 atom stereocenters. The smallest absolute Gasteiger partial charge is 0.243 e. The van der Waals surface area contributed by atoms with Crippen molar-refractivity contribution >= 4 is 32.7 Å². The molecule has 0 unspecified atom stereocenters. The monoisotopic (exact) mass is 486 g/mol. The number of rotatable bonds is 9. The van der Waals surface area contributed by atoms with Crippen molar-refractivity contribution in [3.63, 3.8) is 0 Å². The first-order valence-corrected chi connectivity index (χ1v) is 13.3. The third kappa shape index (κ3) is 5.15. The number of hydrogen-bond donors (Lipinski definition) is 1.